The molecule has 190 valence electrons. The second-order valence-electron chi connectivity index (χ2n) is 8.90. The van der Waals surface area contributed by atoms with Crippen molar-refractivity contribution in [1.82, 2.24) is 10.3 Å². The molecule has 2 atom stereocenters. The monoisotopic (exact) mass is 485 g/mol. The number of unbranched alkanes of at least 4 members (excludes halogenated alkanes) is 7. The molecule has 0 spiro atoms. The molecule has 2 heterocycles. The van der Waals surface area contributed by atoms with Crippen LogP contribution in [0.4, 0.5) is 0 Å². The van der Waals surface area contributed by atoms with Crippen LogP contribution < -0.4 is 0 Å². The number of aromatic nitrogens is 2. The van der Waals surface area contributed by atoms with E-state index in [0.29, 0.717) is 40.2 Å². The van der Waals surface area contributed by atoms with Crippen LogP contribution in [0, 0.1) is 5.92 Å². The topological polar surface area (TPSA) is 124 Å². The molecule has 0 fully saturated rings. The minimum atomic E-state index is -0.792. The number of aliphatic imine (C=N–C) groups is 1. The summed E-state index contributed by atoms with van der Waals surface area (Å²) >= 11 is 0. The normalized spacial score (nSPS) is 18.0. The highest BCUT2D eigenvalue weighted by Crippen LogP contribution is 2.42. The molecule has 1 unspecified atom stereocenters. The lowest BCUT2D eigenvalue weighted by atomic mass is 9.75. The van der Waals surface area contributed by atoms with Crippen LogP contribution in [-0.2, 0) is 19.1 Å². The quantitative estimate of drug-likeness (QED) is 0.325. The van der Waals surface area contributed by atoms with Gasteiger partial charge in [0.1, 0.15) is 17.0 Å². The van der Waals surface area contributed by atoms with E-state index in [2.05, 4.69) is 15.3 Å². The predicted molar refractivity (Wildman–Crippen MR) is 131 cm³/mol. The first-order chi connectivity index (χ1) is 17.0. The summed E-state index contributed by atoms with van der Waals surface area (Å²) in [7, 11) is 1.32. The summed E-state index contributed by atoms with van der Waals surface area (Å²) < 4.78 is 15.6. The van der Waals surface area contributed by atoms with Gasteiger partial charge in [0.25, 0.3) is 0 Å². The molecule has 0 saturated carbocycles. The fraction of sp³-hybridized carbons (Fsp3) is 0.577. The summed E-state index contributed by atoms with van der Waals surface area (Å²) in [6.45, 7) is 4.07. The number of esters is 2. The Kier molecular flexibility index (Phi) is 9.96. The van der Waals surface area contributed by atoms with Crippen molar-refractivity contribution in [1.29, 1.82) is 0 Å². The number of aliphatic hydroxyl groups is 1. The Balaban J connectivity index is 1.71. The molecule has 0 amide bonds. The fourth-order valence-corrected chi connectivity index (χ4v) is 4.67. The molecule has 0 aliphatic carbocycles. The number of rotatable bonds is 13. The summed E-state index contributed by atoms with van der Waals surface area (Å²) in [6.07, 6.45) is 8.18. The van der Waals surface area contributed by atoms with Crippen LogP contribution in [0.2, 0.25) is 0 Å². The first kappa shape index (κ1) is 26.5. The van der Waals surface area contributed by atoms with Gasteiger partial charge in [-0.25, -0.2) is 9.42 Å². The molecule has 3 rings (SSSR count). The number of fused-ring (bicyclic) bond motifs is 1. The lowest BCUT2D eigenvalue weighted by Crippen LogP contribution is -2.36. The first-order valence-corrected chi connectivity index (χ1v) is 12.3. The van der Waals surface area contributed by atoms with Crippen molar-refractivity contribution in [3.8, 4) is 0 Å². The van der Waals surface area contributed by atoms with Gasteiger partial charge >= 0.3 is 11.9 Å². The van der Waals surface area contributed by atoms with Crippen molar-refractivity contribution in [2.45, 2.75) is 71.1 Å². The summed E-state index contributed by atoms with van der Waals surface area (Å²) in [4.78, 5) is 30.6. The molecule has 1 aliphatic heterocycles. The van der Waals surface area contributed by atoms with Crippen molar-refractivity contribution in [3.63, 3.8) is 0 Å². The number of nitrogens with zero attached hydrogens (tertiary/aromatic N) is 3. The van der Waals surface area contributed by atoms with E-state index in [1.54, 1.807) is 26.0 Å². The smallest absolute Gasteiger partial charge is 0.336 e. The molecule has 0 radical (unpaired) electrons. The zero-order valence-corrected chi connectivity index (χ0v) is 20.8. The van der Waals surface area contributed by atoms with E-state index in [0.717, 1.165) is 51.4 Å². The zero-order chi connectivity index (χ0) is 25.2. The van der Waals surface area contributed by atoms with E-state index < -0.39 is 23.8 Å². The van der Waals surface area contributed by atoms with Crippen molar-refractivity contribution in [3.05, 3.63) is 35.0 Å². The van der Waals surface area contributed by atoms with Crippen molar-refractivity contribution in [2.24, 2.45) is 10.9 Å². The van der Waals surface area contributed by atoms with Crippen molar-refractivity contribution >= 4 is 28.7 Å². The molecular weight excluding hydrogens is 450 g/mol. The lowest BCUT2D eigenvalue weighted by molar-refractivity contribution is -0.144. The molecule has 0 saturated heterocycles. The Bertz CT molecular complexity index is 1070. The predicted octanol–water partition coefficient (Wildman–Crippen LogP) is 4.50. The van der Waals surface area contributed by atoms with Gasteiger partial charge < -0.3 is 14.6 Å². The van der Waals surface area contributed by atoms with E-state index in [1.165, 1.54) is 7.11 Å². The minimum absolute atomic E-state index is 0.262. The average Bonchev–Trinajstić information content (AvgIpc) is 3.33. The van der Waals surface area contributed by atoms with E-state index in [-0.39, 0.29) is 6.61 Å². The Morgan fingerprint density at radius 2 is 1.69 bits per heavy atom. The summed E-state index contributed by atoms with van der Waals surface area (Å²) in [6, 6.07) is 5.36. The van der Waals surface area contributed by atoms with E-state index in [1.807, 2.05) is 6.07 Å². The number of carbonyl (C=O) groups is 2. The highest BCUT2D eigenvalue weighted by Gasteiger charge is 2.43. The highest BCUT2D eigenvalue weighted by atomic mass is 16.6. The van der Waals surface area contributed by atoms with Crippen molar-refractivity contribution in [2.75, 3.05) is 20.3 Å². The standard InChI is InChI=1S/C26H35N3O6/c1-17-21(25(31)33-3)23(19-13-12-14-20-24(19)29-35-28-20)22(18(2)27-17)26(32)34-16-11-9-7-5-4-6-8-10-15-30/h12-14,21,23,30H,4-11,15-16H2,1-3H3/t21?,23-/m1/s1. The minimum Gasteiger partial charge on any atom is -0.468 e. The highest BCUT2D eigenvalue weighted by molar-refractivity contribution is 6.07. The van der Waals surface area contributed by atoms with E-state index in [9.17, 15) is 9.59 Å². The number of methoxy groups -OCH3 is 1. The maximum Gasteiger partial charge on any atom is 0.336 e. The van der Waals surface area contributed by atoms with Crippen LogP contribution in [0.3, 0.4) is 0 Å². The first-order valence-electron chi connectivity index (χ1n) is 12.3. The number of benzene rings is 1. The molecular formula is C26H35N3O6. The third-order valence-electron chi connectivity index (χ3n) is 6.44. The Labute approximate surface area is 205 Å². The van der Waals surface area contributed by atoms with Crippen LogP contribution >= 0.6 is 0 Å². The van der Waals surface area contributed by atoms with Crippen LogP contribution in [0.1, 0.15) is 76.7 Å². The third-order valence-corrected chi connectivity index (χ3v) is 6.44. The van der Waals surface area contributed by atoms with Gasteiger partial charge in [0.15, 0.2) is 0 Å². The Hall–Kier alpha value is -3.07. The van der Waals surface area contributed by atoms with Crippen LogP contribution in [0.25, 0.3) is 11.0 Å². The molecule has 1 aromatic carbocycles. The number of carbonyl (C=O) groups excluding carboxylic acids is 2. The van der Waals surface area contributed by atoms with Gasteiger partial charge in [-0.3, -0.25) is 9.79 Å². The Morgan fingerprint density at radius 1 is 1.00 bits per heavy atom. The Morgan fingerprint density at radius 3 is 2.37 bits per heavy atom. The van der Waals surface area contributed by atoms with Crippen LogP contribution in [0.5, 0.6) is 0 Å². The van der Waals surface area contributed by atoms with Gasteiger partial charge in [0.2, 0.25) is 0 Å². The molecule has 1 aromatic heterocycles. The maximum absolute atomic E-state index is 13.3. The van der Waals surface area contributed by atoms with Gasteiger partial charge in [-0.1, -0.05) is 50.7 Å². The average molecular weight is 486 g/mol. The zero-order valence-electron chi connectivity index (χ0n) is 20.8. The molecule has 1 N–H and O–H groups in total. The van der Waals surface area contributed by atoms with Crippen LogP contribution in [-0.4, -0.2) is 53.4 Å². The van der Waals surface area contributed by atoms with Gasteiger partial charge in [-0.2, -0.15) is 0 Å². The largest absolute Gasteiger partial charge is 0.468 e. The molecule has 9 heteroatoms. The third kappa shape index (κ3) is 6.54. The number of ether oxygens (including phenoxy) is 2. The number of allylic oxidation sites excluding steroid dienone is 1. The SMILES string of the molecule is COC(=O)C1C(C)=NC(C)=C(C(=O)OCCCCCCCCCCO)[C@@H]1c1cccc2nonc12. The van der Waals surface area contributed by atoms with E-state index in [4.69, 9.17) is 19.2 Å². The van der Waals surface area contributed by atoms with Crippen LogP contribution in [0.15, 0.2) is 39.1 Å². The second kappa shape index (κ2) is 13.1. The van der Waals surface area contributed by atoms with Gasteiger partial charge in [-0.05, 0) is 48.6 Å². The summed E-state index contributed by atoms with van der Waals surface area (Å²) in [5.74, 6) is -2.45. The molecule has 1 aliphatic rings. The van der Waals surface area contributed by atoms with E-state index >= 15 is 0 Å². The molecule has 0 bridgehead atoms. The lowest BCUT2D eigenvalue weighted by Gasteiger charge is -2.31. The number of hydrogen-bond acceptors (Lipinski definition) is 9. The molecule has 2 aromatic rings. The summed E-state index contributed by atoms with van der Waals surface area (Å²) in [5.41, 5.74) is 3.05. The van der Waals surface area contributed by atoms with Crippen molar-refractivity contribution < 1.29 is 28.8 Å². The fourth-order valence-electron chi connectivity index (χ4n) is 4.67. The van der Waals surface area contributed by atoms with Gasteiger partial charge in [0, 0.05) is 23.9 Å². The number of hydrogen-bond donors (Lipinski definition) is 1. The maximum atomic E-state index is 13.3. The van der Waals surface area contributed by atoms with Gasteiger partial charge in [-0.15, -0.1) is 0 Å². The number of aliphatic hydroxyl groups excluding tert-OH is 1. The molecule has 9 nitrogen and oxygen atoms in total. The second-order valence-corrected chi connectivity index (χ2v) is 8.90. The summed E-state index contributed by atoms with van der Waals surface area (Å²) in [5, 5.41) is 16.7. The molecule has 35 heavy (non-hydrogen) atoms. The van der Waals surface area contributed by atoms with Gasteiger partial charge in [0.05, 0.1) is 19.3 Å².